The normalized spacial score (nSPS) is 32.9. The number of H-pyrrole nitrogens is 1. The number of pyridine rings is 1. The number of phenolic OH excluding ortho intramolecular Hbond substituents is 1. The number of aromatic hydroxyl groups is 1. The van der Waals surface area contributed by atoms with Gasteiger partial charge in [-0.2, -0.15) is 5.10 Å². The highest BCUT2D eigenvalue weighted by Crippen LogP contribution is 2.69. The highest BCUT2D eigenvalue weighted by atomic mass is 19.1. The molecule has 172 valence electrons. The van der Waals surface area contributed by atoms with E-state index >= 15 is 0 Å². The molecule has 3 aliphatic rings. The van der Waals surface area contributed by atoms with Crippen LogP contribution < -0.4 is 0 Å². The Balaban J connectivity index is 1.49. The monoisotopic (exact) mass is 451 g/mol. The van der Waals surface area contributed by atoms with E-state index in [-0.39, 0.29) is 11.3 Å². The number of likely N-dealkylation sites (tertiary alicyclic amines) is 2. The van der Waals surface area contributed by atoms with Crippen LogP contribution in [0.25, 0.3) is 22.3 Å². The summed E-state index contributed by atoms with van der Waals surface area (Å²) in [5, 5.41) is 28.4. The van der Waals surface area contributed by atoms with Gasteiger partial charge in [0.2, 0.25) is 0 Å². The molecule has 2 saturated heterocycles. The number of hydrogen-bond donors (Lipinski definition) is 3. The lowest BCUT2D eigenvalue weighted by Crippen LogP contribution is -2.81. The zero-order valence-corrected chi connectivity index (χ0v) is 19.0. The van der Waals surface area contributed by atoms with Gasteiger partial charge in [-0.1, -0.05) is 13.8 Å². The SMILES string of the molecule is Cc1n[nH]c2nc(-c3ccc(O)c(F)c3)cc(C(=O)N3C[C@@]4(C)C(O)[C@]5(C)CN(C)C34C5)c12. The van der Waals surface area contributed by atoms with Crippen molar-refractivity contribution >= 4 is 16.9 Å². The number of amides is 1. The summed E-state index contributed by atoms with van der Waals surface area (Å²) in [6, 6.07) is 5.70. The summed E-state index contributed by atoms with van der Waals surface area (Å²) in [7, 11) is 2.02. The molecule has 1 aliphatic carbocycles. The molecule has 2 bridgehead atoms. The maximum Gasteiger partial charge on any atom is 0.256 e. The van der Waals surface area contributed by atoms with Gasteiger partial charge in [-0.3, -0.25) is 14.8 Å². The zero-order chi connectivity index (χ0) is 23.5. The van der Waals surface area contributed by atoms with Crippen LogP contribution in [0.2, 0.25) is 0 Å². The van der Waals surface area contributed by atoms with Gasteiger partial charge in [0.25, 0.3) is 5.91 Å². The van der Waals surface area contributed by atoms with Crippen LogP contribution in [-0.4, -0.2) is 73.0 Å². The van der Waals surface area contributed by atoms with Gasteiger partial charge >= 0.3 is 0 Å². The first kappa shape index (κ1) is 20.6. The molecule has 1 spiro atoms. The Hall–Kier alpha value is -3.04. The number of aliphatic hydroxyl groups is 1. The Bertz CT molecular complexity index is 1360. The molecule has 2 aromatic heterocycles. The summed E-state index contributed by atoms with van der Waals surface area (Å²) in [5.41, 5.74) is 1.19. The van der Waals surface area contributed by atoms with Crippen molar-refractivity contribution in [2.24, 2.45) is 10.8 Å². The molecular weight excluding hydrogens is 425 g/mol. The number of aryl methyl sites for hydroxylation is 1. The van der Waals surface area contributed by atoms with Crippen molar-refractivity contribution in [2.45, 2.75) is 39.0 Å². The average molecular weight is 452 g/mol. The minimum Gasteiger partial charge on any atom is -0.505 e. The van der Waals surface area contributed by atoms with Crippen LogP contribution in [0.4, 0.5) is 4.39 Å². The van der Waals surface area contributed by atoms with Crippen molar-refractivity contribution in [2.75, 3.05) is 20.1 Å². The van der Waals surface area contributed by atoms with Crippen molar-refractivity contribution in [3.05, 3.63) is 41.3 Å². The third-order valence-corrected chi connectivity index (χ3v) is 8.42. The smallest absolute Gasteiger partial charge is 0.256 e. The van der Waals surface area contributed by atoms with Crippen LogP contribution in [-0.2, 0) is 0 Å². The topological polar surface area (TPSA) is 106 Å². The first-order valence-electron chi connectivity index (χ1n) is 11.1. The van der Waals surface area contributed by atoms with Crippen LogP contribution in [0.3, 0.4) is 0 Å². The Morgan fingerprint density at radius 2 is 2.03 bits per heavy atom. The molecule has 2 unspecified atom stereocenters. The molecule has 6 rings (SSSR count). The number of nitrogens with one attached hydrogen (secondary N) is 1. The van der Waals surface area contributed by atoms with E-state index in [4.69, 9.17) is 0 Å². The quantitative estimate of drug-likeness (QED) is 0.553. The van der Waals surface area contributed by atoms with Crippen molar-refractivity contribution < 1.29 is 19.4 Å². The number of aliphatic hydroxyl groups excluding tert-OH is 1. The molecule has 1 saturated carbocycles. The highest BCUT2D eigenvalue weighted by Gasteiger charge is 2.80. The van der Waals surface area contributed by atoms with E-state index in [9.17, 15) is 19.4 Å². The van der Waals surface area contributed by atoms with Gasteiger partial charge in [0, 0.05) is 29.5 Å². The Kier molecular flexibility index (Phi) is 3.80. The molecule has 33 heavy (non-hydrogen) atoms. The number of nitrogens with zero attached hydrogens (tertiary/aromatic N) is 4. The third kappa shape index (κ3) is 2.29. The predicted octanol–water partition coefficient (Wildman–Crippen LogP) is 2.65. The van der Waals surface area contributed by atoms with E-state index < -0.39 is 28.7 Å². The van der Waals surface area contributed by atoms with E-state index in [1.807, 2.05) is 18.9 Å². The van der Waals surface area contributed by atoms with E-state index in [1.165, 1.54) is 12.1 Å². The maximum absolute atomic E-state index is 14.1. The molecule has 9 heteroatoms. The van der Waals surface area contributed by atoms with E-state index in [2.05, 4.69) is 33.9 Å². The van der Waals surface area contributed by atoms with Gasteiger partial charge in [0.1, 0.15) is 5.66 Å². The van der Waals surface area contributed by atoms with Gasteiger partial charge in [0.15, 0.2) is 17.2 Å². The van der Waals surface area contributed by atoms with Crippen LogP contribution in [0, 0.1) is 23.6 Å². The number of fused-ring (bicyclic) bond motifs is 2. The maximum atomic E-state index is 14.1. The lowest BCUT2D eigenvalue weighted by atomic mass is 9.65. The van der Waals surface area contributed by atoms with Crippen LogP contribution in [0.1, 0.15) is 36.3 Å². The van der Waals surface area contributed by atoms with Crippen molar-refractivity contribution in [1.82, 2.24) is 25.0 Å². The lowest BCUT2D eigenvalue weighted by molar-refractivity contribution is -0.229. The number of aromatic nitrogens is 3. The molecular formula is C24H26FN5O3. The Morgan fingerprint density at radius 3 is 2.73 bits per heavy atom. The second-order valence-electron chi connectivity index (χ2n) is 10.5. The molecule has 1 aromatic carbocycles. The Labute approximate surface area is 190 Å². The number of rotatable bonds is 2. The van der Waals surface area contributed by atoms with E-state index in [1.54, 1.807) is 12.1 Å². The molecule has 1 amide bonds. The fourth-order valence-corrected chi connectivity index (χ4v) is 6.98. The van der Waals surface area contributed by atoms with Gasteiger partial charge in [0.05, 0.1) is 28.4 Å². The fourth-order valence-electron chi connectivity index (χ4n) is 6.98. The standard InChI is InChI=1S/C24H26FN5O3/c1-12-18-14(8-16(26-19(18)28-27-12)13-5-6-17(31)15(25)7-13)20(32)30-11-23(3)21(33)22(2)9-24(23,30)29(4)10-22/h5-8,21,31,33H,9-11H2,1-4H3,(H,26,27,28)/t21?,22-,23-,24?/m0/s1. The van der Waals surface area contributed by atoms with Gasteiger partial charge < -0.3 is 15.1 Å². The fraction of sp³-hybridized carbons (Fsp3) is 0.458. The Morgan fingerprint density at radius 1 is 1.27 bits per heavy atom. The third-order valence-electron chi connectivity index (χ3n) is 8.42. The molecule has 3 aromatic rings. The summed E-state index contributed by atoms with van der Waals surface area (Å²) >= 11 is 0. The van der Waals surface area contributed by atoms with Gasteiger partial charge in [-0.25, -0.2) is 9.37 Å². The number of benzene rings is 1. The first-order valence-corrected chi connectivity index (χ1v) is 11.1. The molecule has 4 heterocycles. The summed E-state index contributed by atoms with van der Waals surface area (Å²) in [6.45, 7) is 7.16. The van der Waals surface area contributed by atoms with Crippen LogP contribution >= 0.6 is 0 Å². The van der Waals surface area contributed by atoms with E-state index in [0.717, 1.165) is 6.54 Å². The summed E-state index contributed by atoms with van der Waals surface area (Å²) in [6.07, 6.45) is 0.239. The number of carbonyl (C=O) groups excluding carboxylic acids is 1. The van der Waals surface area contributed by atoms with Crippen molar-refractivity contribution in [3.8, 4) is 17.0 Å². The number of piperidine rings is 1. The number of aromatic amines is 1. The minimum atomic E-state index is -0.757. The summed E-state index contributed by atoms with van der Waals surface area (Å²) in [4.78, 5) is 22.7. The molecule has 4 atom stereocenters. The molecule has 0 radical (unpaired) electrons. The largest absolute Gasteiger partial charge is 0.505 e. The second-order valence-corrected chi connectivity index (χ2v) is 10.5. The predicted molar refractivity (Wildman–Crippen MR) is 119 cm³/mol. The molecule has 3 N–H and O–H groups in total. The van der Waals surface area contributed by atoms with Gasteiger partial charge in [-0.05, 0) is 44.7 Å². The van der Waals surface area contributed by atoms with Crippen molar-refractivity contribution in [3.63, 3.8) is 0 Å². The summed E-state index contributed by atoms with van der Waals surface area (Å²) < 4.78 is 14.0. The molecule has 8 nitrogen and oxygen atoms in total. The number of carbonyl (C=O) groups is 1. The average Bonchev–Trinajstić information content (AvgIpc) is 3.33. The van der Waals surface area contributed by atoms with Crippen molar-refractivity contribution in [1.29, 1.82) is 0 Å². The van der Waals surface area contributed by atoms with E-state index in [0.29, 0.717) is 46.5 Å². The van der Waals surface area contributed by atoms with Crippen LogP contribution in [0.15, 0.2) is 24.3 Å². The minimum absolute atomic E-state index is 0.157. The summed E-state index contributed by atoms with van der Waals surface area (Å²) in [5.74, 6) is -1.36. The molecule has 3 fully saturated rings. The zero-order valence-electron chi connectivity index (χ0n) is 19.0. The second kappa shape index (κ2) is 6.09. The van der Waals surface area contributed by atoms with Gasteiger partial charge in [-0.15, -0.1) is 0 Å². The number of halogens is 1. The van der Waals surface area contributed by atoms with Crippen LogP contribution in [0.5, 0.6) is 5.75 Å². The number of hydrogen-bond acceptors (Lipinski definition) is 6. The highest BCUT2D eigenvalue weighted by molar-refractivity contribution is 6.08. The first-order chi connectivity index (χ1) is 15.5. The lowest BCUT2D eigenvalue weighted by Gasteiger charge is -2.66. The number of phenols is 1. The molecule has 2 aliphatic heterocycles.